The largest absolute Gasteiger partial charge is 0.497 e. The molecule has 1 N–H and O–H groups in total. The van der Waals surface area contributed by atoms with E-state index in [1.165, 1.54) is 11.8 Å². The van der Waals surface area contributed by atoms with Crippen LogP contribution >= 0.6 is 23.4 Å². The molecule has 0 saturated carbocycles. The van der Waals surface area contributed by atoms with Crippen molar-refractivity contribution in [1.29, 1.82) is 0 Å². The van der Waals surface area contributed by atoms with Crippen molar-refractivity contribution in [2.24, 2.45) is 0 Å². The number of nitrogens with zero attached hydrogens (tertiary/aromatic N) is 3. The third-order valence-electron chi connectivity index (χ3n) is 4.23. The van der Waals surface area contributed by atoms with Gasteiger partial charge in [-0.3, -0.25) is 9.36 Å². The zero-order valence-corrected chi connectivity index (χ0v) is 18.9. The van der Waals surface area contributed by atoms with E-state index in [0.717, 1.165) is 5.56 Å². The first-order valence-electron chi connectivity index (χ1n) is 9.48. The van der Waals surface area contributed by atoms with E-state index in [2.05, 4.69) is 22.1 Å². The third kappa shape index (κ3) is 6.26. The zero-order chi connectivity index (χ0) is 22.2. The Morgan fingerprint density at radius 1 is 1.29 bits per heavy atom. The van der Waals surface area contributed by atoms with Crippen LogP contribution in [-0.4, -0.2) is 33.5 Å². The Morgan fingerprint density at radius 3 is 2.90 bits per heavy atom. The summed E-state index contributed by atoms with van der Waals surface area (Å²) in [6.07, 6.45) is 1.74. The number of hydrogen-bond donors (Lipinski definition) is 1. The monoisotopic (exact) mass is 458 g/mol. The Bertz CT molecular complexity index is 1070. The second kappa shape index (κ2) is 10.9. The van der Waals surface area contributed by atoms with Gasteiger partial charge in [0, 0.05) is 18.3 Å². The van der Waals surface area contributed by atoms with Gasteiger partial charge in [-0.05, 0) is 36.8 Å². The predicted molar refractivity (Wildman–Crippen MR) is 123 cm³/mol. The van der Waals surface area contributed by atoms with E-state index >= 15 is 0 Å². The molecule has 0 saturated heterocycles. The van der Waals surface area contributed by atoms with Crippen molar-refractivity contribution in [3.8, 4) is 11.5 Å². The van der Waals surface area contributed by atoms with E-state index in [1.54, 1.807) is 31.4 Å². The van der Waals surface area contributed by atoms with Gasteiger partial charge in [-0.25, -0.2) is 0 Å². The van der Waals surface area contributed by atoms with E-state index < -0.39 is 0 Å². The first-order valence-corrected chi connectivity index (χ1v) is 10.8. The minimum absolute atomic E-state index is 0.157. The van der Waals surface area contributed by atoms with Crippen LogP contribution in [0.25, 0.3) is 0 Å². The molecule has 0 aliphatic rings. The molecule has 0 atom stereocenters. The number of benzene rings is 2. The molecule has 1 aromatic heterocycles. The number of amides is 1. The number of allylic oxidation sites excluding steroid dienone is 1. The third-order valence-corrected chi connectivity index (χ3v) is 5.51. The number of thioether (sulfide) groups is 1. The fraction of sp³-hybridized carbons (Fsp3) is 0.227. The molecule has 7 nitrogen and oxygen atoms in total. The molecule has 0 aliphatic heterocycles. The van der Waals surface area contributed by atoms with Crippen LogP contribution in [-0.2, 0) is 17.9 Å². The summed E-state index contributed by atoms with van der Waals surface area (Å²) in [7, 11) is 1.58. The average Bonchev–Trinajstić information content (AvgIpc) is 3.15. The van der Waals surface area contributed by atoms with Crippen molar-refractivity contribution in [3.63, 3.8) is 0 Å². The van der Waals surface area contributed by atoms with Crippen LogP contribution in [0.4, 0.5) is 5.69 Å². The van der Waals surface area contributed by atoms with E-state index in [-0.39, 0.29) is 18.3 Å². The van der Waals surface area contributed by atoms with Crippen LogP contribution in [0.1, 0.15) is 11.4 Å². The minimum atomic E-state index is -0.157. The molecule has 1 amide bonds. The number of methoxy groups -OCH3 is 1. The smallest absolute Gasteiger partial charge is 0.234 e. The van der Waals surface area contributed by atoms with E-state index in [9.17, 15) is 4.79 Å². The van der Waals surface area contributed by atoms with Crippen LogP contribution in [0.3, 0.4) is 0 Å². The topological polar surface area (TPSA) is 78.3 Å². The molecule has 3 rings (SSSR count). The Labute approximate surface area is 190 Å². The Balaban J connectivity index is 1.63. The molecule has 0 aliphatic carbocycles. The van der Waals surface area contributed by atoms with Gasteiger partial charge in [0.25, 0.3) is 0 Å². The van der Waals surface area contributed by atoms with Crippen molar-refractivity contribution in [2.45, 2.75) is 25.2 Å². The number of ether oxygens (including phenoxy) is 2. The number of carbonyl (C=O) groups excluding carboxylic acids is 1. The van der Waals surface area contributed by atoms with Gasteiger partial charge in [0.2, 0.25) is 5.91 Å². The number of hydrogen-bond acceptors (Lipinski definition) is 6. The highest BCUT2D eigenvalue weighted by Gasteiger charge is 2.15. The van der Waals surface area contributed by atoms with Crippen molar-refractivity contribution >= 4 is 35.0 Å². The number of aryl methyl sites for hydroxylation is 1. The summed E-state index contributed by atoms with van der Waals surface area (Å²) >= 11 is 7.49. The highest BCUT2D eigenvalue weighted by molar-refractivity contribution is 7.99. The molecule has 0 spiro atoms. The Kier molecular flexibility index (Phi) is 7.97. The highest BCUT2D eigenvalue weighted by Crippen LogP contribution is 2.26. The first kappa shape index (κ1) is 22.7. The van der Waals surface area contributed by atoms with Gasteiger partial charge in [-0.1, -0.05) is 41.6 Å². The molecule has 3 aromatic rings. The molecular formula is C22H23ClN4O3S. The number of carbonyl (C=O) groups is 1. The van der Waals surface area contributed by atoms with Gasteiger partial charge >= 0.3 is 0 Å². The Morgan fingerprint density at radius 2 is 2.13 bits per heavy atom. The number of aromatic nitrogens is 3. The summed E-state index contributed by atoms with van der Waals surface area (Å²) in [5.41, 5.74) is 1.71. The maximum Gasteiger partial charge on any atom is 0.234 e. The van der Waals surface area contributed by atoms with Crippen LogP contribution in [0.2, 0.25) is 5.02 Å². The maximum absolute atomic E-state index is 12.4. The van der Waals surface area contributed by atoms with Crippen LogP contribution in [0.5, 0.6) is 11.5 Å². The van der Waals surface area contributed by atoms with Gasteiger partial charge in [0.1, 0.15) is 18.1 Å². The normalized spacial score (nSPS) is 10.5. The second-order valence-corrected chi connectivity index (χ2v) is 7.94. The fourth-order valence-corrected chi connectivity index (χ4v) is 3.68. The van der Waals surface area contributed by atoms with Gasteiger partial charge < -0.3 is 14.8 Å². The molecule has 31 heavy (non-hydrogen) atoms. The molecule has 0 radical (unpaired) electrons. The second-order valence-electron chi connectivity index (χ2n) is 6.59. The van der Waals surface area contributed by atoms with Gasteiger partial charge in [-0.2, -0.15) is 0 Å². The number of halogens is 1. The summed E-state index contributed by atoms with van der Waals surface area (Å²) in [5.74, 6) is 1.90. The molecule has 162 valence electrons. The Hall–Kier alpha value is -2.97. The van der Waals surface area contributed by atoms with Crippen LogP contribution in [0.15, 0.2) is 60.3 Å². The number of nitrogens with one attached hydrogen (secondary N) is 1. The van der Waals surface area contributed by atoms with Gasteiger partial charge in [0.05, 0.1) is 17.9 Å². The molecule has 9 heteroatoms. The predicted octanol–water partition coefficient (Wildman–Crippen LogP) is 4.74. The molecule has 1 heterocycles. The number of anilines is 1. The molecular weight excluding hydrogens is 436 g/mol. The van der Waals surface area contributed by atoms with E-state index in [1.807, 2.05) is 35.8 Å². The minimum Gasteiger partial charge on any atom is -0.497 e. The number of rotatable bonds is 10. The summed E-state index contributed by atoms with van der Waals surface area (Å²) in [5, 5.41) is 12.4. The zero-order valence-electron chi connectivity index (χ0n) is 17.3. The molecule has 2 aromatic carbocycles. The summed E-state index contributed by atoms with van der Waals surface area (Å²) in [6.45, 7) is 6.45. The summed E-state index contributed by atoms with van der Waals surface area (Å²) in [6, 6.07) is 12.8. The average molecular weight is 459 g/mol. The molecule has 0 fully saturated rings. The van der Waals surface area contributed by atoms with Crippen molar-refractivity contribution in [3.05, 3.63) is 71.5 Å². The van der Waals surface area contributed by atoms with Crippen molar-refractivity contribution < 1.29 is 14.3 Å². The van der Waals surface area contributed by atoms with Crippen molar-refractivity contribution in [1.82, 2.24) is 14.8 Å². The standard InChI is InChI=1S/C22H23ClN4O3S/c1-4-10-27-20(13-30-19-11-15(2)8-9-18(19)23)25-26-22(27)31-14-21(28)24-16-6-5-7-17(12-16)29-3/h4-9,11-12H,1,10,13-14H2,2-3H3,(H,24,28). The van der Waals surface area contributed by atoms with Crippen LogP contribution < -0.4 is 14.8 Å². The highest BCUT2D eigenvalue weighted by atomic mass is 35.5. The summed E-state index contributed by atoms with van der Waals surface area (Å²) < 4.78 is 12.9. The van der Waals surface area contributed by atoms with Crippen LogP contribution in [0, 0.1) is 6.92 Å². The lowest BCUT2D eigenvalue weighted by atomic mass is 10.2. The fourth-order valence-electron chi connectivity index (χ4n) is 2.74. The van der Waals surface area contributed by atoms with E-state index in [0.29, 0.717) is 39.7 Å². The summed E-state index contributed by atoms with van der Waals surface area (Å²) in [4.78, 5) is 12.4. The SMILES string of the molecule is C=CCn1c(COc2cc(C)ccc2Cl)nnc1SCC(=O)Nc1cccc(OC)c1. The van der Waals surface area contributed by atoms with Gasteiger partial charge in [0.15, 0.2) is 11.0 Å². The lowest BCUT2D eigenvalue weighted by molar-refractivity contribution is -0.113. The molecule has 0 bridgehead atoms. The molecule has 0 unspecified atom stereocenters. The van der Waals surface area contributed by atoms with E-state index in [4.69, 9.17) is 21.1 Å². The van der Waals surface area contributed by atoms with Crippen molar-refractivity contribution in [2.75, 3.05) is 18.2 Å². The van der Waals surface area contributed by atoms with Gasteiger partial charge in [-0.15, -0.1) is 16.8 Å². The lowest BCUT2D eigenvalue weighted by Gasteiger charge is -2.11. The lowest BCUT2D eigenvalue weighted by Crippen LogP contribution is -2.15. The quantitative estimate of drug-likeness (QED) is 0.349. The maximum atomic E-state index is 12.4. The first-order chi connectivity index (χ1) is 15.0.